The maximum atomic E-state index is 14.4. The average molecular weight is 454 g/mol. The van der Waals surface area contributed by atoms with Gasteiger partial charge in [-0.1, -0.05) is 0 Å². The van der Waals surface area contributed by atoms with E-state index in [-0.39, 0.29) is 49.9 Å². The Hall–Kier alpha value is -2.88. The molecule has 32 heavy (non-hydrogen) atoms. The van der Waals surface area contributed by atoms with Gasteiger partial charge < -0.3 is 21.1 Å². The Morgan fingerprint density at radius 2 is 1.91 bits per heavy atom. The van der Waals surface area contributed by atoms with Crippen LogP contribution in [0.15, 0.2) is 28.4 Å². The number of nitrogens with two attached hydrogens (primary N) is 1. The van der Waals surface area contributed by atoms with Gasteiger partial charge in [0.15, 0.2) is 17.3 Å². The Morgan fingerprint density at radius 1 is 1.28 bits per heavy atom. The molecule has 0 aromatic heterocycles. The minimum Gasteiger partial charge on any atom is -0.477 e. The second kappa shape index (κ2) is 10.2. The molecule has 1 unspecified atom stereocenters. The van der Waals surface area contributed by atoms with Crippen molar-refractivity contribution in [1.82, 2.24) is 10.2 Å². The zero-order chi connectivity index (χ0) is 24.2. The third-order valence-corrected chi connectivity index (χ3v) is 5.17. The number of nitrogens with zero attached hydrogens (tertiary/aromatic N) is 2. The Labute approximate surface area is 185 Å². The molecule has 1 aliphatic rings. The number of benzene rings is 1. The number of amides is 1. The van der Waals surface area contributed by atoms with Gasteiger partial charge in [0.05, 0.1) is 6.54 Å². The summed E-state index contributed by atoms with van der Waals surface area (Å²) in [7, 11) is 0. The summed E-state index contributed by atoms with van der Waals surface area (Å²) in [4.78, 5) is 30.1. The lowest BCUT2D eigenvalue weighted by atomic mass is 9.99. The molecule has 1 aromatic carbocycles. The molecule has 0 saturated heterocycles. The summed E-state index contributed by atoms with van der Waals surface area (Å²) in [5.41, 5.74) is 5.32. The van der Waals surface area contributed by atoms with Gasteiger partial charge in [-0.15, -0.1) is 0 Å². The van der Waals surface area contributed by atoms with Crippen LogP contribution in [0.2, 0.25) is 0 Å². The van der Waals surface area contributed by atoms with Crippen LogP contribution >= 0.6 is 0 Å². The fourth-order valence-electron chi connectivity index (χ4n) is 3.39. The molecule has 0 spiro atoms. The fraction of sp³-hybridized carbons (Fsp3) is 0.500. The molecule has 1 heterocycles. The molecule has 0 fully saturated rings. The van der Waals surface area contributed by atoms with E-state index in [0.717, 1.165) is 12.1 Å². The zero-order valence-corrected chi connectivity index (χ0v) is 18.6. The largest absolute Gasteiger partial charge is 0.477 e. The quantitative estimate of drug-likeness (QED) is 0.612. The van der Waals surface area contributed by atoms with Crippen molar-refractivity contribution in [2.75, 3.05) is 19.6 Å². The average Bonchev–Trinajstić information content (AvgIpc) is 2.74. The molecule has 1 aliphatic heterocycles. The van der Waals surface area contributed by atoms with Crippen LogP contribution in [0.4, 0.5) is 13.2 Å². The molecule has 2 rings (SSSR count). The predicted octanol–water partition coefficient (Wildman–Crippen LogP) is 2.47. The SMILES string of the molecule is C/C1=C(/C(=O)O)NC(C(C)(C)F)=NCCN(C(=O)CC(N)Cc2cc(F)c(F)cc2C)C1. The number of carboxylic acids is 1. The molecule has 0 aliphatic carbocycles. The van der Waals surface area contributed by atoms with E-state index in [1.54, 1.807) is 6.92 Å². The lowest BCUT2D eigenvalue weighted by Crippen LogP contribution is -2.41. The topological polar surface area (TPSA) is 108 Å². The van der Waals surface area contributed by atoms with Crippen LogP contribution in [-0.2, 0) is 16.0 Å². The molecule has 0 bridgehead atoms. The van der Waals surface area contributed by atoms with E-state index < -0.39 is 29.3 Å². The number of carbonyl (C=O) groups excluding carboxylic acids is 1. The minimum absolute atomic E-state index is 0.0000941. The highest BCUT2D eigenvalue weighted by Gasteiger charge is 2.29. The number of nitrogens with one attached hydrogen (secondary N) is 1. The highest BCUT2D eigenvalue weighted by molar-refractivity contribution is 5.98. The Bertz CT molecular complexity index is 954. The fourth-order valence-corrected chi connectivity index (χ4v) is 3.39. The van der Waals surface area contributed by atoms with E-state index in [0.29, 0.717) is 16.7 Å². The second-order valence-corrected chi connectivity index (χ2v) is 8.46. The Morgan fingerprint density at radius 3 is 2.50 bits per heavy atom. The highest BCUT2D eigenvalue weighted by Crippen LogP contribution is 2.18. The maximum absolute atomic E-state index is 14.4. The van der Waals surface area contributed by atoms with Crippen molar-refractivity contribution in [3.8, 4) is 0 Å². The number of alkyl halides is 1. The summed E-state index contributed by atoms with van der Waals surface area (Å²) < 4.78 is 41.3. The number of aryl methyl sites for hydroxylation is 1. The molecule has 4 N–H and O–H groups in total. The van der Waals surface area contributed by atoms with Crippen LogP contribution in [0.1, 0.15) is 38.3 Å². The van der Waals surface area contributed by atoms with E-state index in [2.05, 4.69) is 10.3 Å². The van der Waals surface area contributed by atoms with Crippen molar-refractivity contribution in [3.05, 3.63) is 46.2 Å². The van der Waals surface area contributed by atoms with Gasteiger partial charge >= 0.3 is 5.97 Å². The van der Waals surface area contributed by atoms with Crippen LogP contribution in [0.25, 0.3) is 0 Å². The molecule has 1 atom stereocenters. The van der Waals surface area contributed by atoms with Gasteiger partial charge in [0.2, 0.25) is 5.91 Å². The summed E-state index contributed by atoms with van der Waals surface area (Å²) >= 11 is 0. The number of halogens is 3. The van der Waals surface area contributed by atoms with E-state index in [1.165, 1.54) is 25.7 Å². The predicted molar refractivity (Wildman–Crippen MR) is 115 cm³/mol. The van der Waals surface area contributed by atoms with Gasteiger partial charge in [0, 0.05) is 25.6 Å². The smallest absolute Gasteiger partial charge is 0.352 e. The second-order valence-electron chi connectivity index (χ2n) is 8.46. The summed E-state index contributed by atoms with van der Waals surface area (Å²) in [6, 6.07) is 1.49. The van der Waals surface area contributed by atoms with E-state index in [1.807, 2.05) is 0 Å². The molecular weight excluding hydrogens is 425 g/mol. The summed E-state index contributed by atoms with van der Waals surface area (Å²) in [6.45, 7) is 5.89. The van der Waals surface area contributed by atoms with Gasteiger partial charge in [0.25, 0.3) is 0 Å². The first kappa shape index (κ1) is 25.4. The van der Waals surface area contributed by atoms with Crippen LogP contribution < -0.4 is 11.1 Å². The number of hydrogen-bond acceptors (Lipinski definition) is 5. The standard InChI is InChI=1S/C22H29F3N4O3/c1-12-7-16(23)17(24)9-14(12)8-15(26)10-18(30)29-6-5-27-21(22(3,4)25)28-19(20(31)32)13(2)11-29/h7,9,15H,5-6,8,10-11,26H2,1-4H3,(H,27,28)(H,31,32)/b19-13+. The van der Waals surface area contributed by atoms with Crippen molar-refractivity contribution in [2.45, 2.75) is 52.2 Å². The number of carbonyl (C=O) groups is 2. The number of carboxylic acid groups (broad SMARTS) is 1. The normalized spacial score (nSPS) is 18.8. The molecule has 10 heteroatoms. The van der Waals surface area contributed by atoms with Gasteiger partial charge in [-0.25, -0.2) is 18.0 Å². The van der Waals surface area contributed by atoms with Gasteiger partial charge in [-0.3, -0.25) is 9.79 Å². The van der Waals surface area contributed by atoms with Crippen molar-refractivity contribution < 1.29 is 27.9 Å². The van der Waals surface area contributed by atoms with Gasteiger partial charge in [-0.05, 0) is 62.9 Å². The minimum atomic E-state index is -1.90. The van der Waals surface area contributed by atoms with E-state index >= 15 is 0 Å². The number of aliphatic carboxylic acids is 1. The lowest BCUT2D eigenvalue weighted by Gasteiger charge is -2.24. The summed E-state index contributed by atoms with van der Waals surface area (Å²) in [5, 5.41) is 12.1. The van der Waals surface area contributed by atoms with Crippen molar-refractivity contribution >= 4 is 17.7 Å². The monoisotopic (exact) mass is 454 g/mol. The Kier molecular flexibility index (Phi) is 8.06. The molecule has 7 nitrogen and oxygen atoms in total. The van der Waals surface area contributed by atoms with Gasteiger partial charge in [0.1, 0.15) is 11.5 Å². The maximum Gasteiger partial charge on any atom is 0.352 e. The van der Waals surface area contributed by atoms with Crippen LogP contribution in [0.5, 0.6) is 0 Å². The molecule has 0 saturated carbocycles. The summed E-state index contributed by atoms with van der Waals surface area (Å²) in [6.07, 6.45) is 0.0738. The van der Waals surface area contributed by atoms with E-state index in [4.69, 9.17) is 5.73 Å². The number of aliphatic imine (C=N–C) groups is 1. The first-order chi connectivity index (χ1) is 14.8. The number of amidine groups is 1. The molecule has 1 aromatic rings. The third kappa shape index (κ3) is 6.56. The zero-order valence-electron chi connectivity index (χ0n) is 18.6. The van der Waals surface area contributed by atoms with Crippen molar-refractivity contribution in [2.24, 2.45) is 10.7 Å². The van der Waals surface area contributed by atoms with Crippen LogP contribution in [0, 0.1) is 18.6 Å². The molecular formula is C22H29F3N4O3. The van der Waals surface area contributed by atoms with Gasteiger partial charge in [-0.2, -0.15) is 0 Å². The Balaban J connectivity index is 2.18. The third-order valence-electron chi connectivity index (χ3n) is 5.17. The summed E-state index contributed by atoms with van der Waals surface area (Å²) in [5.74, 6) is -3.70. The van der Waals surface area contributed by atoms with Crippen LogP contribution in [0.3, 0.4) is 0 Å². The lowest BCUT2D eigenvalue weighted by molar-refractivity contribution is -0.133. The number of rotatable bonds is 6. The first-order valence-corrected chi connectivity index (χ1v) is 10.2. The molecule has 1 amide bonds. The highest BCUT2D eigenvalue weighted by atomic mass is 19.2. The molecule has 176 valence electrons. The van der Waals surface area contributed by atoms with E-state index in [9.17, 15) is 27.9 Å². The van der Waals surface area contributed by atoms with Crippen molar-refractivity contribution in [3.63, 3.8) is 0 Å². The number of hydrogen-bond donors (Lipinski definition) is 3. The van der Waals surface area contributed by atoms with Crippen molar-refractivity contribution in [1.29, 1.82) is 0 Å². The van der Waals surface area contributed by atoms with Crippen LogP contribution in [-0.4, -0.2) is 59.1 Å². The first-order valence-electron chi connectivity index (χ1n) is 10.2. The molecule has 0 radical (unpaired) electrons.